The molecule has 25 heavy (non-hydrogen) atoms. The molecule has 3 aliphatic carbocycles. The highest BCUT2D eigenvalue weighted by molar-refractivity contribution is 5.06. The van der Waals surface area contributed by atoms with Crippen LogP contribution in [-0.2, 0) is 4.74 Å². The molecule has 5 atom stereocenters. The fourth-order valence-electron chi connectivity index (χ4n) is 6.99. The number of nitrogens with one attached hydrogen (secondary N) is 1. The summed E-state index contributed by atoms with van der Waals surface area (Å²) >= 11 is 0. The van der Waals surface area contributed by atoms with E-state index in [1.165, 1.54) is 51.9 Å². The van der Waals surface area contributed by atoms with Gasteiger partial charge in [-0.1, -0.05) is 6.42 Å². The molecular formula is C21H37N3O. The molecule has 0 amide bonds. The van der Waals surface area contributed by atoms with Crippen LogP contribution in [0, 0.1) is 23.7 Å². The molecule has 5 fully saturated rings. The summed E-state index contributed by atoms with van der Waals surface area (Å²) in [6, 6.07) is 1.66. The first-order valence-electron chi connectivity index (χ1n) is 11.2. The number of hydrogen-bond donors (Lipinski definition) is 1. The lowest BCUT2D eigenvalue weighted by molar-refractivity contribution is 0.0316. The van der Waals surface area contributed by atoms with Crippen molar-refractivity contribution >= 4 is 0 Å². The molecule has 4 heteroatoms. The zero-order chi connectivity index (χ0) is 16.6. The van der Waals surface area contributed by atoms with E-state index < -0.39 is 0 Å². The highest BCUT2D eigenvalue weighted by Gasteiger charge is 2.53. The van der Waals surface area contributed by atoms with Gasteiger partial charge in [0.2, 0.25) is 0 Å². The molecule has 0 unspecified atom stereocenters. The largest absolute Gasteiger partial charge is 0.379 e. The van der Waals surface area contributed by atoms with Gasteiger partial charge >= 0.3 is 0 Å². The van der Waals surface area contributed by atoms with Gasteiger partial charge in [-0.25, -0.2) is 0 Å². The second-order valence-electron chi connectivity index (χ2n) is 9.50. The molecule has 0 spiro atoms. The van der Waals surface area contributed by atoms with Crippen LogP contribution in [-0.4, -0.2) is 74.4 Å². The minimum atomic E-state index is 0.795. The molecule has 5 aliphatic rings. The molecule has 2 aliphatic heterocycles. The van der Waals surface area contributed by atoms with Gasteiger partial charge in [-0.15, -0.1) is 0 Å². The second-order valence-corrected chi connectivity index (χ2v) is 9.50. The van der Waals surface area contributed by atoms with Gasteiger partial charge in [0.1, 0.15) is 0 Å². The summed E-state index contributed by atoms with van der Waals surface area (Å²) in [5.74, 6) is 4.36. The number of nitrogens with zero attached hydrogens (tertiary/aromatic N) is 2. The van der Waals surface area contributed by atoms with Gasteiger partial charge in [-0.3, -0.25) is 4.90 Å². The Labute approximate surface area is 153 Å². The van der Waals surface area contributed by atoms with Crippen LogP contribution in [0.2, 0.25) is 0 Å². The summed E-state index contributed by atoms with van der Waals surface area (Å²) in [5, 5.41) is 4.13. The van der Waals surface area contributed by atoms with E-state index in [-0.39, 0.29) is 0 Å². The molecule has 142 valence electrons. The number of ether oxygens (including phenoxy) is 1. The van der Waals surface area contributed by atoms with Gasteiger partial charge in [0, 0.05) is 38.3 Å². The maximum Gasteiger partial charge on any atom is 0.0594 e. The molecule has 1 N–H and O–H groups in total. The van der Waals surface area contributed by atoms with Crippen LogP contribution in [0.25, 0.3) is 0 Å². The molecule has 3 saturated carbocycles. The quantitative estimate of drug-likeness (QED) is 0.825. The van der Waals surface area contributed by atoms with Crippen molar-refractivity contribution in [3.8, 4) is 0 Å². The van der Waals surface area contributed by atoms with E-state index in [4.69, 9.17) is 4.74 Å². The lowest BCUT2D eigenvalue weighted by atomic mass is 9.78. The molecule has 0 aromatic heterocycles. The predicted octanol–water partition coefficient (Wildman–Crippen LogP) is 2.20. The van der Waals surface area contributed by atoms with E-state index in [2.05, 4.69) is 15.1 Å². The SMILES string of the molecule is C1C[C@H]2[C@H](C1)[C@@H]1C[C@@H]2[C@@H](NC2CCN(CCN3CCOCC3)CC2)C1. The average molecular weight is 348 g/mol. The number of fused-ring (bicyclic) bond motifs is 5. The van der Waals surface area contributed by atoms with Crippen molar-refractivity contribution in [1.82, 2.24) is 15.1 Å². The summed E-state index contributed by atoms with van der Waals surface area (Å²) in [6.45, 7) is 9.20. The second kappa shape index (κ2) is 7.46. The molecular weight excluding hydrogens is 310 g/mol. The zero-order valence-electron chi connectivity index (χ0n) is 15.9. The highest BCUT2D eigenvalue weighted by atomic mass is 16.5. The standard InChI is InChI=1S/C21H37N3O/c1-2-18-16-14-20(19(18)3-1)21(15-16)22-17-4-6-23(7-5-17)8-9-24-10-12-25-13-11-24/h16-22H,1-15H2/t16-,18-,19+,20+,21+/m1/s1. The van der Waals surface area contributed by atoms with Crippen molar-refractivity contribution in [2.24, 2.45) is 23.7 Å². The Hall–Kier alpha value is -0.160. The van der Waals surface area contributed by atoms with Crippen LogP contribution < -0.4 is 5.32 Å². The molecule has 0 radical (unpaired) electrons. The van der Waals surface area contributed by atoms with E-state index in [9.17, 15) is 0 Å². The third-order valence-electron chi connectivity index (χ3n) is 8.30. The van der Waals surface area contributed by atoms with Crippen LogP contribution in [0.15, 0.2) is 0 Å². The summed E-state index contributed by atoms with van der Waals surface area (Å²) in [7, 11) is 0. The van der Waals surface area contributed by atoms with Crippen molar-refractivity contribution in [3.05, 3.63) is 0 Å². The van der Waals surface area contributed by atoms with E-state index in [1.54, 1.807) is 19.3 Å². The summed E-state index contributed by atoms with van der Waals surface area (Å²) in [4.78, 5) is 5.27. The average Bonchev–Trinajstić information content (AvgIpc) is 3.35. The third-order valence-corrected chi connectivity index (χ3v) is 8.30. The van der Waals surface area contributed by atoms with Crippen molar-refractivity contribution in [3.63, 3.8) is 0 Å². The topological polar surface area (TPSA) is 27.7 Å². The van der Waals surface area contributed by atoms with Crippen LogP contribution in [0.4, 0.5) is 0 Å². The molecule has 2 saturated heterocycles. The Bertz CT molecular complexity index is 444. The van der Waals surface area contributed by atoms with Crippen molar-refractivity contribution in [2.75, 3.05) is 52.5 Å². The van der Waals surface area contributed by atoms with E-state index in [1.807, 2.05) is 0 Å². The smallest absolute Gasteiger partial charge is 0.0594 e. The maximum atomic E-state index is 5.45. The monoisotopic (exact) mass is 347 g/mol. The van der Waals surface area contributed by atoms with Crippen LogP contribution in [0.1, 0.15) is 44.9 Å². The minimum absolute atomic E-state index is 0.795. The molecule has 0 aromatic carbocycles. The highest BCUT2D eigenvalue weighted by Crippen LogP contribution is 2.58. The lowest BCUT2D eigenvalue weighted by Gasteiger charge is -2.39. The molecule has 2 bridgehead atoms. The van der Waals surface area contributed by atoms with Crippen LogP contribution >= 0.6 is 0 Å². The number of piperidine rings is 1. The molecule has 2 heterocycles. The van der Waals surface area contributed by atoms with E-state index in [0.717, 1.165) is 62.1 Å². The van der Waals surface area contributed by atoms with Gasteiger partial charge in [0.25, 0.3) is 0 Å². The normalized spacial score (nSPS) is 43.0. The van der Waals surface area contributed by atoms with E-state index >= 15 is 0 Å². The summed E-state index contributed by atoms with van der Waals surface area (Å²) in [5.41, 5.74) is 0. The molecule has 0 aromatic rings. The molecule has 4 nitrogen and oxygen atoms in total. The van der Waals surface area contributed by atoms with Gasteiger partial charge in [-0.2, -0.15) is 0 Å². The Kier molecular flexibility index (Phi) is 5.06. The lowest BCUT2D eigenvalue weighted by Crippen LogP contribution is -2.50. The van der Waals surface area contributed by atoms with Gasteiger partial charge in [0.15, 0.2) is 0 Å². The first kappa shape index (κ1) is 17.0. The first-order chi connectivity index (χ1) is 12.4. The van der Waals surface area contributed by atoms with Gasteiger partial charge in [-0.05, 0) is 75.3 Å². The maximum absolute atomic E-state index is 5.45. The fourth-order valence-corrected chi connectivity index (χ4v) is 6.99. The summed E-state index contributed by atoms with van der Waals surface area (Å²) < 4.78 is 5.45. The molecule has 5 rings (SSSR count). The predicted molar refractivity (Wildman–Crippen MR) is 101 cm³/mol. The van der Waals surface area contributed by atoms with Crippen molar-refractivity contribution in [2.45, 2.75) is 57.0 Å². The first-order valence-corrected chi connectivity index (χ1v) is 11.2. The Morgan fingerprint density at radius 2 is 1.48 bits per heavy atom. The summed E-state index contributed by atoms with van der Waals surface area (Å²) in [6.07, 6.45) is 10.4. The third kappa shape index (κ3) is 3.52. The number of rotatable bonds is 5. The van der Waals surface area contributed by atoms with Gasteiger partial charge < -0.3 is 15.0 Å². The number of hydrogen-bond acceptors (Lipinski definition) is 4. The Morgan fingerprint density at radius 3 is 2.28 bits per heavy atom. The number of likely N-dealkylation sites (tertiary alicyclic amines) is 1. The number of morpholine rings is 1. The Morgan fingerprint density at radius 1 is 0.760 bits per heavy atom. The fraction of sp³-hybridized carbons (Fsp3) is 1.00. The van der Waals surface area contributed by atoms with Crippen LogP contribution in [0.5, 0.6) is 0 Å². The van der Waals surface area contributed by atoms with Gasteiger partial charge in [0.05, 0.1) is 13.2 Å². The van der Waals surface area contributed by atoms with Crippen LogP contribution in [0.3, 0.4) is 0 Å². The van der Waals surface area contributed by atoms with Crippen molar-refractivity contribution < 1.29 is 4.74 Å². The minimum Gasteiger partial charge on any atom is -0.379 e. The van der Waals surface area contributed by atoms with E-state index in [0.29, 0.717) is 0 Å². The zero-order valence-corrected chi connectivity index (χ0v) is 15.9. The Balaban J connectivity index is 1.04. The van der Waals surface area contributed by atoms with Crippen molar-refractivity contribution in [1.29, 1.82) is 0 Å².